The van der Waals surface area contributed by atoms with Gasteiger partial charge in [-0.15, -0.1) is 0 Å². The number of hydrogen-bond donors (Lipinski definition) is 2. The van der Waals surface area contributed by atoms with E-state index in [4.69, 9.17) is 11.5 Å². The fourth-order valence-electron chi connectivity index (χ4n) is 1.05. The lowest BCUT2D eigenvalue weighted by Gasteiger charge is -2.18. The summed E-state index contributed by atoms with van der Waals surface area (Å²) in [5, 5.41) is 0. The lowest BCUT2D eigenvalue weighted by Crippen LogP contribution is -2.38. The van der Waals surface area contributed by atoms with Gasteiger partial charge in [-0.2, -0.15) is 4.99 Å². The Labute approximate surface area is 92.3 Å². The molecule has 0 aliphatic rings. The highest BCUT2D eigenvalue weighted by molar-refractivity contribution is 5.93. The fraction of sp³-hybridized carbons (Fsp3) is 0.800. The van der Waals surface area contributed by atoms with E-state index in [1.54, 1.807) is 0 Å². The Morgan fingerprint density at radius 3 is 2.13 bits per heavy atom. The van der Waals surface area contributed by atoms with Gasteiger partial charge >= 0.3 is 0 Å². The standard InChI is InChI=1S/C10H23N5/c1-5-15(6-2)10(12)14-9(11)13-7-8(3)4/h8H,5-7H2,1-4H3,(H4,11,12,13,14). The van der Waals surface area contributed by atoms with Gasteiger partial charge in [-0.1, -0.05) is 13.8 Å². The maximum Gasteiger partial charge on any atom is 0.218 e. The Morgan fingerprint density at radius 2 is 1.73 bits per heavy atom. The van der Waals surface area contributed by atoms with Crippen LogP contribution in [0.25, 0.3) is 0 Å². The molecule has 0 heterocycles. The monoisotopic (exact) mass is 213 g/mol. The number of hydrogen-bond acceptors (Lipinski definition) is 1. The third-order valence-electron chi connectivity index (χ3n) is 1.93. The highest BCUT2D eigenvalue weighted by Gasteiger charge is 2.02. The van der Waals surface area contributed by atoms with Gasteiger partial charge in [-0.3, -0.25) is 4.99 Å². The Morgan fingerprint density at radius 1 is 1.20 bits per heavy atom. The summed E-state index contributed by atoms with van der Waals surface area (Å²) < 4.78 is 0. The van der Waals surface area contributed by atoms with E-state index in [2.05, 4.69) is 23.8 Å². The average molecular weight is 213 g/mol. The second-order valence-corrected chi connectivity index (χ2v) is 3.74. The summed E-state index contributed by atoms with van der Waals surface area (Å²) in [6, 6.07) is 0. The SMILES string of the molecule is CCN(CC)C(N)=NC(N)=NCC(C)C. The molecule has 0 aromatic carbocycles. The fourth-order valence-corrected chi connectivity index (χ4v) is 1.05. The summed E-state index contributed by atoms with van der Waals surface area (Å²) in [5.74, 6) is 1.17. The van der Waals surface area contributed by atoms with Crippen molar-refractivity contribution in [1.82, 2.24) is 4.90 Å². The minimum Gasteiger partial charge on any atom is -0.369 e. The number of rotatable bonds is 4. The van der Waals surface area contributed by atoms with E-state index in [1.807, 2.05) is 18.7 Å². The predicted octanol–water partition coefficient (Wildman–Crippen LogP) is 0.614. The zero-order chi connectivity index (χ0) is 11.8. The maximum atomic E-state index is 5.76. The van der Waals surface area contributed by atoms with Crippen molar-refractivity contribution in [3.05, 3.63) is 0 Å². The van der Waals surface area contributed by atoms with Gasteiger partial charge in [0, 0.05) is 19.6 Å². The van der Waals surface area contributed by atoms with Crippen LogP contribution in [0.3, 0.4) is 0 Å². The quantitative estimate of drug-likeness (QED) is 0.530. The predicted molar refractivity (Wildman–Crippen MR) is 65.9 cm³/mol. The molecule has 0 aromatic rings. The summed E-state index contributed by atoms with van der Waals surface area (Å²) in [6.07, 6.45) is 0. The molecule has 5 heteroatoms. The Balaban J connectivity index is 4.38. The average Bonchev–Trinajstić information content (AvgIpc) is 2.16. The first kappa shape index (κ1) is 13.7. The molecule has 0 saturated carbocycles. The summed E-state index contributed by atoms with van der Waals surface area (Å²) in [5.41, 5.74) is 11.4. The largest absolute Gasteiger partial charge is 0.369 e. The molecule has 0 aromatic heterocycles. The minimum absolute atomic E-state index is 0.258. The highest BCUT2D eigenvalue weighted by atomic mass is 15.3. The van der Waals surface area contributed by atoms with Gasteiger partial charge in [0.05, 0.1) is 0 Å². The molecule has 0 bridgehead atoms. The first-order valence-corrected chi connectivity index (χ1v) is 5.40. The molecule has 0 saturated heterocycles. The van der Waals surface area contributed by atoms with E-state index < -0.39 is 0 Å². The molecular weight excluding hydrogens is 190 g/mol. The van der Waals surface area contributed by atoms with Crippen LogP contribution in [-0.2, 0) is 0 Å². The smallest absolute Gasteiger partial charge is 0.218 e. The molecule has 0 atom stereocenters. The third kappa shape index (κ3) is 5.93. The summed E-state index contributed by atoms with van der Waals surface area (Å²) >= 11 is 0. The zero-order valence-electron chi connectivity index (χ0n) is 10.2. The summed E-state index contributed by atoms with van der Waals surface area (Å²) in [4.78, 5) is 10.1. The molecule has 5 nitrogen and oxygen atoms in total. The van der Waals surface area contributed by atoms with Gasteiger partial charge in [-0.05, 0) is 19.8 Å². The number of guanidine groups is 2. The van der Waals surface area contributed by atoms with Crippen molar-refractivity contribution in [3.63, 3.8) is 0 Å². The molecule has 0 amide bonds. The lowest BCUT2D eigenvalue weighted by atomic mass is 10.2. The Kier molecular flexibility index (Phi) is 6.49. The van der Waals surface area contributed by atoms with E-state index in [0.29, 0.717) is 18.4 Å². The van der Waals surface area contributed by atoms with E-state index in [9.17, 15) is 0 Å². The summed E-state index contributed by atoms with van der Waals surface area (Å²) in [7, 11) is 0. The summed E-state index contributed by atoms with van der Waals surface area (Å²) in [6.45, 7) is 10.5. The molecule has 0 spiro atoms. The third-order valence-corrected chi connectivity index (χ3v) is 1.93. The van der Waals surface area contributed by atoms with Gasteiger partial charge in [0.1, 0.15) is 0 Å². The van der Waals surface area contributed by atoms with E-state index in [1.165, 1.54) is 0 Å². The van der Waals surface area contributed by atoms with Crippen LogP contribution in [0.2, 0.25) is 0 Å². The molecule has 0 unspecified atom stereocenters. The molecular formula is C10H23N5. The van der Waals surface area contributed by atoms with Crippen LogP contribution in [-0.4, -0.2) is 36.5 Å². The maximum absolute atomic E-state index is 5.76. The molecule has 0 aliphatic carbocycles. The van der Waals surface area contributed by atoms with Gasteiger partial charge in [0.15, 0.2) is 5.96 Å². The van der Waals surface area contributed by atoms with Crippen molar-refractivity contribution in [2.75, 3.05) is 19.6 Å². The highest BCUT2D eigenvalue weighted by Crippen LogP contribution is 1.92. The van der Waals surface area contributed by atoms with Crippen LogP contribution in [0, 0.1) is 5.92 Å². The number of nitrogens with two attached hydrogens (primary N) is 2. The minimum atomic E-state index is 0.258. The van der Waals surface area contributed by atoms with Crippen LogP contribution in [0.15, 0.2) is 9.98 Å². The number of aliphatic imine (C=N–C) groups is 2. The molecule has 15 heavy (non-hydrogen) atoms. The van der Waals surface area contributed by atoms with Crippen LogP contribution < -0.4 is 11.5 Å². The van der Waals surface area contributed by atoms with Gasteiger partial charge in [0.25, 0.3) is 0 Å². The van der Waals surface area contributed by atoms with Crippen molar-refractivity contribution >= 4 is 11.9 Å². The molecule has 0 fully saturated rings. The van der Waals surface area contributed by atoms with Gasteiger partial charge in [0.2, 0.25) is 5.96 Å². The van der Waals surface area contributed by atoms with E-state index in [0.717, 1.165) is 13.1 Å². The van der Waals surface area contributed by atoms with Crippen molar-refractivity contribution in [1.29, 1.82) is 0 Å². The molecule has 88 valence electrons. The van der Waals surface area contributed by atoms with Crippen LogP contribution in [0.1, 0.15) is 27.7 Å². The first-order valence-electron chi connectivity index (χ1n) is 5.40. The number of nitrogens with zero attached hydrogens (tertiary/aromatic N) is 3. The molecule has 0 rings (SSSR count). The van der Waals surface area contributed by atoms with Crippen LogP contribution >= 0.6 is 0 Å². The lowest BCUT2D eigenvalue weighted by molar-refractivity contribution is 0.461. The second-order valence-electron chi connectivity index (χ2n) is 3.74. The van der Waals surface area contributed by atoms with Gasteiger partial charge < -0.3 is 16.4 Å². The topological polar surface area (TPSA) is 80.0 Å². The zero-order valence-corrected chi connectivity index (χ0v) is 10.2. The van der Waals surface area contributed by atoms with Crippen molar-refractivity contribution in [2.45, 2.75) is 27.7 Å². The molecule has 0 aliphatic heterocycles. The van der Waals surface area contributed by atoms with Crippen LogP contribution in [0.4, 0.5) is 0 Å². The first-order chi connectivity index (χ1) is 7.01. The van der Waals surface area contributed by atoms with Crippen molar-refractivity contribution in [3.8, 4) is 0 Å². The Hall–Kier alpha value is -1.26. The van der Waals surface area contributed by atoms with E-state index in [-0.39, 0.29) is 5.96 Å². The second kappa shape index (κ2) is 7.09. The van der Waals surface area contributed by atoms with Crippen molar-refractivity contribution < 1.29 is 0 Å². The van der Waals surface area contributed by atoms with Crippen LogP contribution in [0.5, 0.6) is 0 Å². The Bertz CT molecular complexity index is 228. The van der Waals surface area contributed by atoms with Gasteiger partial charge in [-0.25, -0.2) is 0 Å². The van der Waals surface area contributed by atoms with E-state index >= 15 is 0 Å². The molecule has 0 radical (unpaired) electrons. The van der Waals surface area contributed by atoms with Crippen molar-refractivity contribution in [2.24, 2.45) is 27.4 Å². The molecule has 4 N–H and O–H groups in total. The normalized spacial score (nSPS) is 13.4.